The first-order chi connectivity index (χ1) is 10.8. The minimum Gasteiger partial charge on any atom is -0.0622 e. The summed E-state index contributed by atoms with van der Waals surface area (Å²) in [6, 6.07) is 26.2. The molecule has 0 atom stereocenters. The lowest BCUT2D eigenvalue weighted by Crippen LogP contribution is -1.89. The van der Waals surface area contributed by atoms with Gasteiger partial charge in [0, 0.05) is 0 Å². The molecule has 0 aliphatic heterocycles. The summed E-state index contributed by atoms with van der Waals surface area (Å²) in [7, 11) is 0. The third kappa shape index (κ3) is 1.92. The van der Waals surface area contributed by atoms with Crippen LogP contribution in [0.25, 0.3) is 32.7 Å². The zero-order chi connectivity index (χ0) is 15.1. The summed E-state index contributed by atoms with van der Waals surface area (Å²) in [6.45, 7) is 4.42. The Morgan fingerprint density at radius 2 is 1.27 bits per heavy atom. The Labute approximate surface area is 131 Å². The predicted octanol–water partition coefficient (Wildman–Crippen LogP) is 6.28. The van der Waals surface area contributed by atoms with Crippen LogP contribution in [0.4, 0.5) is 0 Å². The van der Waals surface area contributed by atoms with Crippen molar-refractivity contribution < 1.29 is 0 Å². The van der Waals surface area contributed by atoms with Crippen molar-refractivity contribution in [3.63, 3.8) is 0 Å². The highest BCUT2D eigenvalue weighted by Crippen LogP contribution is 2.37. The fourth-order valence-corrected chi connectivity index (χ4v) is 3.47. The van der Waals surface area contributed by atoms with Gasteiger partial charge in [-0.15, -0.1) is 0 Å². The van der Waals surface area contributed by atoms with Crippen LogP contribution in [0.3, 0.4) is 0 Å². The summed E-state index contributed by atoms with van der Waals surface area (Å²) in [4.78, 5) is 0. The molecule has 0 spiro atoms. The first-order valence-corrected chi connectivity index (χ1v) is 7.73. The molecule has 0 N–H and O–H groups in total. The van der Waals surface area contributed by atoms with E-state index >= 15 is 0 Å². The lowest BCUT2D eigenvalue weighted by Gasteiger charge is -2.14. The molecule has 4 rings (SSSR count). The van der Waals surface area contributed by atoms with E-state index in [1.165, 1.54) is 43.8 Å². The van der Waals surface area contributed by atoms with Gasteiger partial charge in [0.15, 0.2) is 0 Å². The predicted molar refractivity (Wildman–Crippen MR) is 96.4 cm³/mol. The second-order valence-corrected chi connectivity index (χ2v) is 5.96. The van der Waals surface area contributed by atoms with Crippen molar-refractivity contribution in [1.29, 1.82) is 0 Å². The summed E-state index contributed by atoms with van der Waals surface area (Å²) in [5.74, 6) is 0. The van der Waals surface area contributed by atoms with Gasteiger partial charge in [0.05, 0.1) is 0 Å². The van der Waals surface area contributed by atoms with E-state index in [0.29, 0.717) is 0 Å². The molecule has 0 fully saturated rings. The van der Waals surface area contributed by atoms with Gasteiger partial charge in [0.2, 0.25) is 0 Å². The molecule has 0 bridgehead atoms. The summed E-state index contributed by atoms with van der Waals surface area (Å²) in [5.41, 5.74) is 5.28. The highest BCUT2D eigenvalue weighted by Gasteiger charge is 2.11. The third-order valence-electron chi connectivity index (χ3n) is 4.50. The molecule has 0 amide bonds. The number of benzene rings is 4. The number of aryl methyl sites for hydroxylation is 2. The lowest BCUT2D eigenvalue weighted by molar-refractivity contribution is 1.51. The van der Waals surface area contributed by atoms with Gasteiger partial charge >= 0.3 is 0 Å². The number of hydrogen-bond acceptors (Lipinski definition) is 0. The van der Waals surface area contributed by atoms with Gasteiger partial charge in [-0.25, -0.2) is 0 Å². The Kier molecular flexibility index (Phi) is 2.97. The molecule has 0 aliphatic carbocycles. The highest BCUT2D eigenvalue weighted by molar-refractivity contribution is 6.16. The number of fused-ring (bicyclic) bond motifs is 3. The minimum atomic E-state index is 1.28. The maximum absolute atomic E-state index is 2.33. The maximum atomic E-state index is 2.33. The molecule has 4 aromatic carbocycles. The zero-order valence-electron chi connectivity index (χ0n) is 12.9. The molecule has 0 saturated carbocycles. The normalized spacial score (nSPS) is 11.2. The summed E-state index contributed by atoms with van der Waals surface area (Å²) in [6.07, 6.45) is 0. The Hall–Kier alpha value is -2.60. The van der Waals surface area contributed by atoms with Crippen LogP contribution in [0, 0.1) is 13.8 Å². The molecular formula is C22H18. The molecule has 0 nitrogen and oxygen atoms in total. The highest BCUT2D eigenvalue weighted by atomic mass is 14.1. The topological polar surface area (TPSA) is 0 Å². The van der Waals surface area contributed by atoms with E-state index in [1.54, 1.807) is 0 Å². The second-order valence-electron chi connectivity index (χ2n) is 5.96. The van der Waals surface area contributed by atoms with Crippen molar-refractivity contribution in [2.45, 2.75) is 13.8 Å². The summed E-state index contributed by atoms with van der Waals surface area (Å²) < 4.78 is 0. The Bertz CT molecular complexity index is 979. The van der Waals surface area contributed by atoms with Crippen LogP contribution in [0.2, 0.25) is 0 Å². The molecule has 22 heavy (non-hydrogen) atoms. The van der Waals surface area contributed by atoms with Crippen molar-refractivity contribution in [2.75, 3.05) is 0 Å². The van der Waals surface area contributed by atoms with Gasteiger partial charge in [-0.05, 0) is 63.7 Å². The molecule has 0 saturated heterocycles. The Morgan fingerprint density at radius 3 is 2.05 bits per heavy atom. The third-order valence-corrected chi connectivity index (χ3v) is 4.50. The first kappa shape index (κ1) is 13.1. The fraction of sp³-hybridized carbons (Fsp3) is 0.0909. The van der Waals surface area contributed by atoms with E-state index in [0.717, 1.165) is 0 Å². The molecule has 0 aliphatic rings. The summed E-state index contributed by atoms with van der Waals surface area (Å²) in [5, 5.41) is 5.43. The van der Waals surface area contributed by atoms with Crippen molar-refractivity contribution in [1.82, 2.24) is 0 Å². The first-order valence-electron chi connectivity index (χ1n) is 7.73. The SMILES string of the molecule is Cc1cccc2cc(-c3ccccc3)c3cccc(C)c3c12. The average Bonchev–Trinajstić information content (AvgIpc) is 2.55. The standard InChI is InChI=1S/C22H18/c1-15-8-6-12-18-14-20(17-10-4-3-5-11-17)19-13-7-9-16(2)22(19)21(15)18/h3-14H,1-2H3. The van der Waals surface area contributed by atoms with E-state index in [9.17, 15) is 0 Å². The van der Waals surface area contributed by atoms with E-state index < -0.39 is 0 Å². The van der Waals surface area contributed by atoms with Gasteiger partial charge in [0.1, 0.15) is 0 Å². The van der Waals surface area contributed by atoms with Crippen LogP contribution < -0.4 is 0 Å². The smallest absolute Gasteiger partial charge is 0.00672 e. The summed E-state index contributed by atoms with van der Waals surface area (Å²) >= 11 is 0. The zero-order valence-corrected chi connectivity index (χ0v) is 12.9. The molecule has 0 heteroatoms. The van der Waals surface area contributed by atoms with Crippen LogP contribution in [0.15, 0.2) is 72.8 Å². The van der Waals surface area contributed by atoms with E-state index in [1.807, 2.05) is 0 Å². The Balaban J connectivity index is 2.25. The van der Waals surface area contributed by atoms with Gasteiger partial charge in [-0.2, -0.15) is 0 Å². The van der Waals surface area contributed by atoms with Crippen LogP contribution in [-0.4, -0.2) is 0 Å². The van der Waals surface area contributed by atoms with Gasteiger partial charge < -0.3 is 0 Å². The second kappa shape index (κ2) is 4.99. The van der Waals surface area contributed by atoms with Crippen LogP contribution >= 0.6 is 0 Å². The van der Waals surface area contributed by atoms with Gasteiger partial charge in [-0.3, -0.25) is 0 Å². The van der Waals surface area contributed by atoms with E-state index in [-0.39, 0.29) is 0 Å². The fourth-order valence-electron chi connectivity index (χ4n) is 3.47. The van der Waals surface area contributed by atoms with Crippen molar-refractivity contribution in [2.24, 2.45) is 0 Å². The van der Waals surface area contributed by atoms with Crippen LogP contribution in [0.5, 0.6) is 0 Å². The van der Waals surface area contributed by atoms with Crippen molar-refractivity contribution >= 4 is 21.5 Å². The largest absolute Gasteiger partial charge is 0.0622 e. The van der Waals surface area contributed by atoms with Crippen molar-refractivity contribution in [3.8, 4) is 11.1 Å². The van der Waals surface area contributed by atoms with Crippen LogP contribution in [0.1, 0.15) is 11.1 Å². The molecule has 0 heterocycles. The van der Waals surface area contributed by atoms with E-state index in [4.69, 9.17) is 0 Å². The van der Waals surface area contributed by atoms with E-state index in [2.05, 4.69) is 86.6 Å². The average molecular weight is 282 g/mol. The van der Waals surface area contributed by atoms with Crippen molar-refractivity contribution in [3.05, 3.63) is 83.9 Å². The van der Waals surface area contributed by atoms with Crippen LogP contribution in [-0.2, 0) is 0 Å². The number of rotatable bonds is 1. The number of hydrogen-bond donors (Lipinski definition) is 0. The van der Waals surface area contributed by atoms with Gasteiger partial charge in [0.25, 0.3) is 0 Å². The molecule has 4 aromatic rings. The molecule has 0 aromatic heterocycles. The molecule has 0 unspecified atom stereocenters. The maximum Gasteiger partial charge on any atom is -0.00672 e. The lowest BCUT2D eigenvalue weighted by atomic mass is 9.89. The quantitative estimate of drug-likeness (QED) is 0.360. The minimum absolute atomic E-state index is 1.28. The molecule has 106 valence electrons. The Morgan fingerprint density at radius 1 is 0.591 bits per heavy atom. The monoisotopic (exact) mass is 282 g/mol. The molecule has 0 radical (unpaired) electrons. The molecular weight excluding hydrogens is 264 g/mol. The van der Waals surface area contributed by atoms with Gasteiger partial charge in [-0.1, -0.05) is 66.7 Å².